The maximum absolute atomic E-state index is 11.5. The van der Waals surface area contributed by atoms with Gasteiger partial charge in [-0.1, -0.05) is 6.92 Å². The summed E-state index contributed by atoms with van der Waals surface area (Å²) in [6, 6.07) is 0.532. The minimum absolute atomic E-state index is 0.0916. The monoisotopic (exact) mass is 274 g/mol. The van der Waals surface area contributed by atoms with Crippen molar-refractivity contribution in [2.24, 2.45) is 0 Å². The fourth-order valence-electron chi connectivity index (χ4n) is 2.17. The number of rotatable bonds is 8. The Morgan fingerprint density at radius 3 is 2.61 bits per heavy atom. The van der Waals surface area contributed by atoms with E-state index in [0.29, 0.717) is 12.5 Å². The van der Waals surface area contributed by atoms with Gasteiger partial charge in [0.2, 0.25) is 5.91 Å². The summed E-state index contributed by atoms with van der Waals surface area (Å²) in [6.45, 7) is 2.80. The molecule has 1 amide bonds. The second-order valence-electron chi connectivity index (χ2n) is 4.59. The van der Waals surface area contributed by atoms with E-state index in [1.807, 2.05) is 18.1 Å². The van der Waals surface area contributed by atoms with Crippen LogP contribution in [-0.2, 0) is 9.59 Å². The van der Waals surface area contributed by atoms with E-state index in [1.165, 1.54) is 0 Å². The Balaban J connectivity index is 2.21. The fourth-order valence-corrected chi connectivity index (χ4v) is 2.56. The Labute approximate surface area is 112 Å². The summed E-state index contributed by atoms with van der Waals surface area (Å²) in [4.78, 5) is 24.1. The Hall–Kier alpha value is -0.750. The molecule has 2 N–H and O–H groups in total. The van der Waals surface area contributed by atoms with Crippen LogP contribution in [0.3, 0.4) is 0 Å². The molecule has 0 aromatic heterocycles. The van der Waals surface area contributed by atoms with E-state index in [9.17, 15) is 9.59 Å². The molecule has 0 aromatic rings. The lowest BCUT2D eigenvalue weighted by Crippen LogP contribution is -2.54. The van der Waals surface area contributed by atoms with Crippen LogP contribution >= 0.6 is 11.8 Å². The van der Waals surface area contributed by atoms with Gasteiger partial charge in [-0.25, -0.2) is 0 Å². The maximum Gasteiger partial charge on any atom is 0.317 e. The van der Waals surface area contributed by atoms with Crippen molar-refractivity contribution in [2.75, 3.05) is 25.1 Å². The number of carboxylic acids is 1. The first-order valence-corrected chi connectivity index (χ1v) is 7.70. The maximum atomic E-state index is 11.5. The number of amides is 1. The van der Waals surface area contributed by atoms with Crippen molar-refractivity contribution in [1.82, 2.24) is 10.2 Å². The highest BCUT2D eigenvalue weighted by atomic mass is 32.2. The number of nitrogens with zero attached hydrogens (tertiary/aromatic N) is 1. The lowest BCUT2D eigenvalue weighted by Gasteiger charge is -2.42. The van der Waals surface area contributed by atoms with E-state index in [1.54, 1.807) is 11.8 Å². The third-order valence-electron chi connectivity index (χ3n) is 3.27. The van der Waals surface area contributed by atoms with Crippen LogP contribution in [0.4, 0.5) is 0 Å². The van der Waals surface area contributed by atoms with E-state index in [-0.39, 0.29) is 18.5 Å². The number of hydrogen-bond acceptors (Lipinski definition) is 4. The quantitative estimate of drug-likeness (QED) is 0.685. The third-order valence-corrected chi connectivity index (χ3v) is 3.88. The summed E-state index contributed by atoms with van der Waals surface area (Å²) in [6.07, 6.45) is 4.28. The lowest BCUT2D eigenvalue weighted by atomic mass is 9.85. The number of aliphatic carboxylic acids is 1. The van der Waals surface area contributed by atoms with Gasteiger partial charge >= 0.3 is 5.97 Å². The SMILES string of the molecule is CCN(CC(=O)O)C1CC(NC(=O)CCSC)C1. The normalized spacial score (nSPS) is 22.6. The summed E-state index contributed by atoms with van der Waals surface area (Å²) in [5, 5.41) is 11.8. The van der Waals surface area contributed by atoms with Crippen LogP contribution in [0, 0.1) is 0 Å². The number of carboxylic acid groups (broad SMARTS) is 1. The summed E-state index contributed by atoms with van der Waals surface area (Å²) in [5.74, 6) is 0.167. The summed E-state index contributed by atoms with van der Waals surface area (Å²) < 4.78 is 0. The molecule has 1 aliphatic rings. The smallest absolute Gasteiger partial charge is 0.317 e. The molecule has 0 heterocycles. The van der Waals surface area contributed by atoms with Gasteiger partial charge in [-0.05, 0) is 25.6 Å². The first kappa shape index (κ1) is 15.3. The molecule has 1 saturated carbocycles. The highest BCUT2D eigenvalue weighted by Crippen LogP contribution is 2.25. The molecular formula is C12H22N2O3S. The molecule has 6 heteroatoms. The molecule has 0 radical (unpaired) electrons. The topological polar surface area (TPSA) is 69.6 Å². The molecule has 0 spiro atoms. The number of carbonyl (C=O) groups is 2. The molecule has 1 fully saturated rings. The number of thioether (sulfide) groups is 1. The summed E-state index contributed by atoms with van der Waals surface area (Å²) >= 11 is 1.66. The zero-order chi connectivity index (χ0) is 13.5. The van der Waals surface area contributed by atoms with Crippen molar-refractivity contribution in [3.63, 3.8) is 0 Å². The molecular weight excluding hydrogens is 252 g/mol. The first-order chi connectivity index (χ1) is 8.56. The van der Waals surface area contributed by atoms with Gasteiger partial charge < -0.3 is 10.4 Å². The molecule has 5 nitrogen and oxygen atoms in total. The zero-order valence-electron chi connectivity index (χ0n) is 11.0. The van der Waals surface area contributed by atoms with Crippen LogP contribution in [0.25, 0.3) is 0 Å². The largest absolute Gasteiger partial charge is 0.480 e. The van der Waals surface area contributed by atoms with Gasteiger partial charge in [0.05, 0.1) is 6.54 Å². The number of carbonyl (C=O) groups excluding carboxylic acids is 1. The molecule has 18 heavy (non-hydrogen) atoms. The number of likely N-dealkylation sites (N-methyl/N-ethyl adjacent to an activating group) is 1. The van der Waals surface area contributed by atoms with Crippen molar-refractivity contribution < 1.29 is 14.7 Å². The van der Waals surface area contributed by atoms with Gasteiger partial charge in [-0.2, -0.15) is 11.8 Å². The molecule has 0 bridgehead atoms. The van der Waals surface area contributed by atoms with Crippen LogP contribution in [0.2, 0.25) is 0 Å². The molecule has 0 unspecified atom stereocenters. The molecule has 0 aliphatic heterocycles. The van der Waals surface area contributed by atoms with Crippen LogP contribution in [0.15, 0.2) is 0 Å². The molecule has 1 aliphatic carbocycles. The van der Waals surface area contributed by atoms with E-state index < -0.39 is 5.97 Å². The number of hydrogen-bond donors (Lipinski definition) is 2. The fraction of sp³-hybridized carbons (Fsp3) is 0.833. The minimum Gasteiger partial charge on any atom is -0.480 e. The average molecular weight is 274 g/mol. The van der Waals surface area contributed by atoms with E-state index >= 15 is 0 Å². The van der Waals surface area contributed by atoms with E-state index in [0.717, 1.165) is 25.1 Å². The first-order valence-electron chi connectivity index (χ1n) is 6.31. The molecule has 0 atom stereocenters. The van der Waals surface area contributed by atoms with Crippen molar-refractivity contribution in [2.45, 2.75) is 38.3 Å². The van der Waals surface area contributed by atoms with Gasteiger partial charge in [0.1, 0.15) is 0 Å². The van der Waals surface area contributed by atoms with Crippen molar-refractivity contribution in [3.8, 4) is 0 Å². The average Bonchev–Trinajstić information content (AvgIpc) is 2.27. The van der Waals surface area contributed by atoms with Gasteiger partial charge in [-0.15, -0.1) is 0 Å². The van der Waals surface area contributed by atoms with Crippen molar-refractivity contribution in [3.05, 3.63) is 0 Å². The van der Waals surface area contributed by atoms with E-state index in [2.05, 4.69) is 5.32 Å². The van der Waals surface area contributed by atoms with Crippen LogP contribution in [-0.4, -0.2) is 59.1 Å². The van der Waals surface area contributed by atoms with Crippen LogP contribution in [0.1, 0.15) is 26.2 Å². The molecule has 1 rings (SSSR count). The highest BCUT2D eigenvalue weighted by Gasteiger charge is 2.34. The van der Waals surface area contributed by atoms with E-state index in [4.69, 9.17) is 5.11 Å². The number of nitrogens with one attached hydrogen (secondary N) is 1. The van der Waals surface area contributed by atoms with Crippen LogP contribution < -0.4 is 5.32 Å². The van der Waals surface area contributed by atoms with Gasteiger partial charge in [0, 0.05) is 24.3 Å². The third kappa shape index (κ3) is 4.86. The van der Waals surface area contributed by atoms with Gasteiger partial charge in [0.25, 0.3) is 0 Å². The Bertz CT molecular complexity index is 293. The Kier molecular flexibility index (Phi) is 6.49. The molecule has 0 saturated heterocycles. The Morgan fingerprint density at radius 1 is 1.44 bits per heavy atom. The van der Waals surface area contributed by atoms with Crippen molar-refractivity contribution in [1.29, 1.82) is 0 Å². The second kappa shape index (κ2) is 7.63. The molecule has 0 aromatic carbocycles. The molecule has 104 valence electrons. The minimum atomic E-state index is -0.788. The Morgan fingerprint density at radius 2 is 2.11 bits per heavy atom. The van der Waals surface area contributed by atoms with Gasteiger partial charge in [-0.3, -0.25) is 14.5 Å². The summed E-state index contributed by atoms with van der Waals surface area (Å²) in [5.41, 5.74) is 0. The van der Waals surface area contributed by atoms with Gasteiger partial charge in [0.15, 0.2) is 0 Å². The van der Waals surface area contributed by atoms with Crippen LogP contribution in [0.5, 0.6) is 0 Å². The van der Waals surface area contributed by atoms with Crippen molar-refractivity contribution >= 4 is 23.6 Å². The second-order valence-corrected chi connectivity index (χ2v) is 5.57. The standard InChI is InChI=1S/C12H22N2O3S/c1-3-14(8-12(16)17)10-6-9(7-10)13-11(15)4-5-18-2/h9-10H,3-8H2,1-2H3,(H,13,15)(H,16,17). The lowest BCUT2D eigenvalue weighted by molar-refractivity contribution is -0.139. The predicted octanol–water partition coefficient (Wildman–Crippen LogP) is 0.793. The zero-order valence-corrected chi connectivity index (χ0v) is 11.8. The highest BCUT2D eigenvalue weighted by molar-refractivity contribution is 7.98. The predicted molar refractivity (Wildman–Crippen MR) is 72.8 cm³/mol. The summed E-state index contributed by atoms with van der Waals surface area (Å²) in [7, 11) is 0.